The van der Waals surface area contributed by atoms with Crippen molar-refractivity contribution in [1.29, 1.82) is 5.26 Å². The molecule has 0 aliphatic carbocycles. The van der Waals surface area contributed by atoms with Crippen molar-refractivity contribution in [1.82, 2.24) is 4.98 Å². The Morgan fingerprint density at radius 2 is 2.50 bits per heavy atom. The fourth-order valence-corrected chi connectivity index (χ4v) is 1.17. The van der Waals surface area contributed by atoms with Gasteiger partial charge in [0.25, 0.3) is 0 Å². The average Bonchev–Trinajstić information content (AvgIpc) is 2.16. The van der Waals surface area contributed by atoms with Crippen molar-refractivity contribution in [3.05, 3.63) is 29.6 Å². The smallest absolute Gasteiger partial charge is 0.145 e. The van der Waals surface area contributed by atoms with Gasteiger partial charge in [0, 0.05) is 11.8 Å². The summed E-state index contributed by atoms with van der Waals surface area (Å²) in [6.45, 7) is 1.75. The van der Waals surface area contributed by atoms with Gasteiger partial charge in [0.1, 0.15) is 17.9 Å². The number of pyridine rings is 1. The summed E-state index contributed by atoms with van der Waals surface area (Å²) in [5, 5.41) is 8.76. The molecule has 0 radical (unpaired) electrons. The quantitative estimate of drug-likeness (QED) is 0.709. The van der Waals surface area contributed by atoms with Crippen molar-refractivity contribution in [2.75, 3.05) is 13.2 Å². The summed E-state index contributed by atoms with van der Waals surface area (Å²) in [4.78, 5) is 3.95. The van der Waals surface area contributed by atoms with E-state index in [4.69, 9.17) is 14.7 Å². The van der Waals surface area contributed by atoms with E-state index in [0.29, 0.717) is 25.5 Å². The summed E-state index contributed by atoms with van der Waals surface area (Å²) in [5.74, 6) is 0. The van der Waals surface area contributed by atoms with E-state index in [9.17, 15) is 0 Å². The van der Waals surface area contributed by atoms with E-state index in [2.05, 4.69) is 4.98 Å². The van der Waals surface area contributed by atoms with Crippen LogP contribution in [0.4, 0.5) is 0 Å². The summed E-state index contributed by atoms with van der Waals surface area (Å²) in [7, 11) is 0. The molecule has 1 fully saturated rings. The van der Waals surface area contributed by atoms with Crippen LogP contribution in [-0.2, 0) is 16.1 Å². The molecule has 0 aromatic carbocycles. The fraction of sp³-hybridized carbons (Fsp3) is 0.400. The second kappa shape index (κ2) is 4.18. The predicted molar refractivity (Wildman–Crippen MR) is 48.3 cm³/mol. The van der Waals surface area contributed by atoms with Gasteiger partial charge in [0.05, 0.1) is 19.8 Å². The van der Waals surface area contributed by atoms with Gasteiger partial charge < -0.3 is 9.47 Å². The molecule has 4 heteroatoms. The van der Waals surface area contributed by atoms with Crippen LogP contribution in [-0.4, -0.2) is 24.3 Å². The van der Waals surface area contributed by atoms with Crippen LogP contribution < -0.4 is 0 Å². The summed E-state index contributed by atoms with van der Waals surface area (Å²) in [6.07, 6.45) is 1.79. The van der Waals surface area contributed by atoms with Crippen LogP contribution in [0.15, 0.2) is 18.3 Å². The maximum Gasteiger partial charge on any atom is 0.145 e. The van der Waals surface area contributed by atoms with Crippen molar-refractivity contribution < 1.29 is 9.47 Å². The van der Waals surface area contributed by atoms with E-state index >= 15 is 0 Å². The minimum Gasteiger partial charge on any atom is -0.376 e. The zero-order chi connectivity index (χ0) is 9.80. The van der Waals surface area contributed by atoms with Crippen LogP contribution in [0.2, 0.25) is 0 Å². The summed E-state index contributed by atoms with van der Waals surface area (Å²) >= 11 is 0. The molecule has 1 aliphatic rings. The molecule has 0 unspecified atom stereocenters. The monoisotopic (exact) mass is 190 g/mol. The van der Waals surface area contributed by atoms with Gasteiger partial charge in [-0.15, -0.1) is 0 Å². The van der Waals surface area contributed by atoms with Gasteiger partial charge in [0.15, 0.2) is 0 Å². The molecule has 72 valence electrons. The van der Waals surface area contributed by atoms with Crippen LogP contribution >= 0.6 is 0 Å². The third-order valence-corrected chi connectivity index (χ3v) is 2.08. The number of nitriles is 1. The lowest BCUT2D eigenvalue weighted by Crippen LogP contribution is -2.35. The zero-order valence-corrected chi connectivity index (χ0v) is 7.64. The van der Waals surface area contributed by atoms with Crippen LogP contribution in [0.3, 0.4) is 0 Å². The molecule has 0 amide bonds. The average molecular weight is 190 g/mol. The Balaban J connectivity index is 1.97. The van der Waals surface area contributed by atoms with Gasteiger partial charge in [-0.25, -0.2) is 4.98 Å². The molecule has 14 heavy (non-hydrogen) atoms. The minimum absolute atomic E-state index is 0.182. The first-order valence-electron chi connectivity index (χ1n) is 4.43. The highest BCUT2D eigenvalue weighted by Gasteiger charge is 2.19. The van der Waals surface area contributed by atoms with Crippen LogP contribution in [0.1, 0.15) is 11.3 Å². The number of hydrogen-bond acceptors (Lipinski definition) is 4. The maximum absolute atomic E-state index is 8.76. The Labute approximate surface area is 82.1 Å². The molecular formula is C10H10N2O2. The van der Waals surface area contributed by atoms with Gasteiger partial charge in [0.2, 0.25) is 0 Å². The number of aromatic nitrogens is 1. The largest absolute Gasteiger partial charge is 0.376 e. The number of nitrogens with zero attached hydrogens (tertiary/aromatic N) is 2. The lowest BCUT2D eigenvalue weighted by molar-refractivity contribution is -0.135. The third-order valence-electron chi connectivity index (χ3n) is 2.08. The second-order valence-electron chi connectivity index (χ2n) is 3.09. The van der Waals surface area contributed by atoms with Crippen molar-refractivity contribution in [2.24, 2.45) is 0 Å². The highest BCUT2D eigenvalue weighted by molar-refractivity contribution is 5.29. The standard InChI is InChI=1S/C10H10N2O2/c11-4-10-8(2-1-3-12-10)5-14-9-6-13-7-9/h1-3,9H,5-7H2. The predicted octanol–water partition coefficient (Wildman–Crippen LogP) is 0.869. The van der Waals surface area contributed by atoms with Crippen molar-refractivity contribution in [3.8, 4) is 6.07 Å². The molecule has 0 bridgehead atoms. The zero-order valence-electron chi connectivity index (χ0n) is 7.64. The topological polar surface area (TPSA) is 55.1 Å². The van der Waals surface area contributed by atoms with Crippen LogP contribution in [0.5, 0.6) is 0 Å². The molecule has 0 spiro atoms. The van der Waals surface area contributed by atoms with E-state index in [1.807, 2.05) is 12.1 Å². The van der Waals surface area contributed by atoms with Crippen molar-refractivity contribution >= 4 is 0 Å². The Morgan fingerprint density at radius 1 is 1.64 bits per heavy atom. The second-order valence-corrected chi connectivity index (χ2v) is 3.09. The SMILES string of the molecule is N#Cc1ncccc1COC1COC1. The molecule has 0 atom stereocenters. The Kier molecular flexibility index (Phi) is 2.73. The van der Waals surface area contributed by atoms with Gasteiger partial charge >= 0.3 is 0 Å². The first-order valence-corrected chi connectivity index (χ1v) is 4.43. The van der Waals surface area contributed by atoms with Gasteiger partial charge in [-0.1, -0.05) is 6.07 Å². The summed E-state index contributed by atoms with van der Waals surface area (Å²) in [6, 6.07) is 5.69. The Bertz CT molecular complexity index is 355. The lowest BCUT2D eigenvalue weighted by Gasteiger charge is -2.25. The molecule has 0 N–H and O–H groups in total. The number of hydrogen-bond donors (Lipinski definition) is 0. The molecule has 4 nitrogen and oxygen atoms in total. The van der Waals surface area contributed by atoms with Crippen LogP contribution in [0, 0.1) is 11.3 Å². The molecule has 1 saturated heterocycles. The van der Waals surface area contributed by atoms with E-state index in [0.717, 1.165) is 5.56 Å². The third kappa shape index (κ3) is 1.90. The minimum atomic E-state index is 0.182. The van der Waals surface area contributed by atoms with E-state index in [-0.39, 0.29) is 6.10 Å². The van der Waals surface area contributed by atoms with Crippen LogP contribution in [0.25, 0.3) is 0 Å². The number of ether oxygens (including phenoxy) is 2. The molecule has 2 rings (SSSR count). The van der Waals surface area contributed by atoms with Crippen molar-refractivity contribution in [2.45, 2.75) is 12.7 Å². The molecule has 1 aromatic heterocycles. The van der Waals surface area contributed by atoms with Gasteiger partial charge in [-0.2, -0.15) is 5.26 Å². The van der Waals surface area contributed by atoms with Crippen molar-refractivity contribution in [3.63, 3.8) is 0 Å². The number of rotatable bonds is 3. The van der Waals surface area contributed by atoms with E-state index in [1.54, 1.807) is 12.3 Å². The molecule has 2 heterocycles. The molecular weight excluding hydrogens is 180 g/mol. The Hall–Kier alpha value is -1.44. The summed E-state index contributed by atoms with van der Waals surface area (Å²) < 4.78 is 10.5. The van der Waals surface area contributed by atoms with E-state index < -0.39 is 0 Å². The molecule has 1 aliphatic heterocycles. The first kappa shape index (κ1) is 9.13. The lowest BCUT2D eigenvalue weighted by atomic mass is 10.2. The molecule has 1 aromatic rings. The molecule has 0 saturated carbocycles. The Morgan fingerprint density at radius 3 is 3.14 bits per heavy atom. The maximum atomic E-state index is 8.76. The van der Waals surface area contributed by atoms with Gasteiger partial charge in [-0.3, -0.25) is 0 Å². The fourth-order valence-electron chi connectivity index (χ4n) is 1.17. The van der Waals surface area contributed by atoms with Gasteiger partial charge in [-0.05, 0) is 6.07 Å². The highest BCUT2D eigenvalue weighted by Crippen LogP contribution is 2.11. The highest BCUT2D eigenvalue weighted by atomic mass is 16.6. The normalized spacial score (nSPS) is 15.9. The first-order chi connectivity index (χ1) is 6.90. The summed E-state index contributed by atoms with van der Waals surface area (Å²) in [5.41, 5.74) is 1.27. The van der Waals surface area contributed by atoms with E-state index in [1.165, 1.54) is 0 Å².